The van der Waals surface area contributed by atoms with Gasteiger partial charge in [0.15, 0.2) is 0 Å². The largest absolute Gasteiger partial charge is 0.385 e. The van der Waals surface area contributed by atoms with Crippen LogP contribution in [0.25, 0.3) is 0 Å². The maximum absolute atomic E-state index is 12.7. The molecule has 15 heavy (non-hydrogen) atoms. The van der Waals surface area contributed by atoms with Gasteiger partial charge in [-0.3, -0.25) is 4.21 Å². The van der Waals surface area contributed by atoms with Crippen molar-refractivity contribution in [3.05, 3.63) is 24.3 Å². The van der Waals surface area contributed by atoms with Gasteiger partial charge in [-0.2, -0.15) is 4.39 Å². The minimum atomic E-state index is -0.799. The van der Waals surface area contributed by atoms with E-state index < -0.39 is 16.7 Å². The van der Waals surface area contributed by atoms with Crippen molar-refractivity contribution >= 4 is 16.5 Å². The predicted molar refractivity (Wildman–Crippen MR) is 60.8 cm³/mol. The maximum atomic E-state index is 12.7. The molecule has 2 unspecified atom stereocenters. The van der Waals surface area contributed by atoms with Crippen molar-refractivity contribution in [1.82, 2.24) is 4.98 Å². The third-order valence-corrected chi connectivity index (χ3v) is 3.54. The van der Waals surface area contributed by atoms with E-state index in [0.717, 1.165) is 6.42 Å². The lowest BCUT2D eigenvalue weighted by molar-refractivity contribution is 0.584. The number of nitrogens with one attached hydrogen (secondary N) is 1. The highest BCUT2D eigenvalue weighted by atomic mass is 32.2. The molecule has 1 aromatic heterocycles. The van der Waals surface area contributed by atoms with Crippen LogP contribution in [-0.4, -0.2) is 27.2 Å². The Morgan fingerprint density at radius 2 is 2.40 bits per heavy atom. The topological polar surface area (TPSA) is 42.0 Å². The van der Waals surface area contributed by atoms with Gasteiger partial charge in [-0.25, -0.2) is 4.98 Å². The second-order valence-electron chi connectivity index (χ2n) is 3.39. The summed E-state index contributed by atoms with van der Waals surface area (Å²) in [6.45, 7) is 2.62. The second kappa shape index (κ2) is 5.80. The minimum Gasteiger partial charge on any atom is -0.385 e. The maximum Gasteiger partial charge on any atom is 0.214 e. The lowest BCUT2D eigenvalue weighted by Crippen LogP contribution is -2.14. The van der Waals surface area contributed by atoms with Crippen LogP contribution >= 0.6 is 0 Å². The SMILES string of the molecule is CC(CCNc1ccnc(F)c1)S(C)=O. The van der Waals surface area contributed by atoms with Crippen molar-refractivity contribution < 1.29 is 8.60 Å². The summed E-state index contributed by atoms with van der Waals surface area (Å²) in [5.74, 6) is -0.493. The monoisotopic (exact) mass is 230 g/mol. The zero-order valence-corrected chi connectivity index (χ0v) is 9.68. The number of anilines is 1. The number of pyridine rings is 1. The van der Waals surface area contributed by atoms with Crippen LogP contribution in [0.3, 0.4) is 0 Å². The fraction of sp³-hybridized carbons (Fsp3) is 0.500. The molecule has 0 amide bonds. The molecule has 0 aliphatic rings. The van der Waals surface area contributed by atoms with Gasteiger partial charge in [-0.1, -0.05) is 6.92 Å². The van der Waals surface area contributed by atoms with Crippen LogP contribution in [0, 0.1) is 5.95 Å². The van der Waals surface area contributed by atoms with Crippen LogP contribution in [-0.2, 0) is 10.8 Å². The average Bonchev–Trinajstić information content (AvgIpc) is 2.17. The van der Waals surface area contributed by atoms with Crippen LogP contribution in [0.2, 0.25) is 0 Å². The van der Waals surface area contributed by atoms with E-state index in [1.54, 1.807) is 12.3 Å². The predicted octanol–water partition coefficient (Wildman–Crippen LogP) is 1.79. The highest BCUT2D eigenvalue weighted by Crippen LogP contribution is 2.07. The normalized spacial score (nSPS) is 14.6. The van der Waals surface area contributed by atoms with E-state index in [9.17, 15) is 8.60 Å². The quantitative estimate of drug-likeness (QED) is 0.784. The van der Waals surface area contributed by atoms with Gasteiger partial charge in [0, 0.05) is 46.8 Å². The lowest BCUT2D eigenvalue weighted by Gasteiger charge is -2.09. The summed E-state index contributed by atoms with van der Waals surface area (Å²) in [5, 5.41) is 3.21. The first-order valence-corrected chi connectivity index (χ1v) is 6.39. The van der Waals surface area contributed by atoms with Crippen molar-refractivity contribution in [2.24, 2.45) is 0 Å². The van der Waals surface area contributed by atoms with Crippen LogP contribution < -0.4 is 5.32 Å². The fourth-order valence-electron chi connectivity index (χ4n) is 1.10. The van der Waals surface area contributed by atoms with E-state index in [4.69, 9.17) is 0 Å². The Bertz CT molecular complexity index is 346. The molecule has 0 radical (unpaired) electrons. The molecule has 0 saturated carbocycles. The van der Waals surface area contributed by atoms with Crippen LogP contribution in [0.15, 0.2) is 18.3 Å². The van der Waals surface area contributed by atoms with E-state index in [2.05, 4.69) is 10.3 Å². The van der Waals surface area contributed by atoms with Crippen molar-refractivity contribution in [2.75, 3.05) is 18.1 Å². The first-order chi connectivity index (χ1) is 7.09. The fourth-order valence-corrected chi connectivity index (χ4v) is 1.55. The summed E-state index contributed by atoms with van der Waals surface area (Å²) in [6.07, 6.45) is 3.91. The zero-order chi connectivity index (χ0) is 11.3. The summed E-state index contributed by atoms with van der Waals surface area (Å²) in [5.41, 5.74) is 0.705. The Labute approximate surface area is 91.6 Å². The van der Waals surface area contributed by atoms with Gasteiger partial charge in [0.1, 0.15) is 0 Å². The number of hydrogen-bond acceptors (Lipinski definition) is 3. The first kappa shape index (κ1) is 12.1. The Hall–Kier alpha value is -0.970. The van der Waals surface area contributed by atoms with Gasteiger partial charge in [0.05, 0.1) is 0 Å². The molecule has 0 fully saturated rings. The lowest BCUT2D eigenvalue weighted by atomic mass is 10.3. The highest BCUT2D eigenvalue weighted by Gasteiger charge is 2.05. The van der Waals surface area contributed by atoms with Crippen molar-refractivity contribution in [2.45, 2.75) is 18.6 Å². The molecule has 3 nitrogen and oxygen atoms in total. The Morgan fingerprint density at radius 3 is 3.00 bits per heavy atom. The van der Waals surface area contributed by atoms with Crippen LogP contribution in [0.5, 0.6) is 0 Å². The number of hydrogen-bond donors (Lipinski definition) is 1. The molecule has 0 saturated heterocycles. The number of halogens is 1. The highest BCUT2D eigenvalue weighted by molar-refractivity contribution is 7.84. The molecule has 1 rings (SSSR count). The molecule has 2 atom stereocenters. The van der Waals surface area contributed by atoms with E-state index in [1.807, 2.05) is 6.92 Å². The second-order valence-corrected chi connectivity index (χ2v) is 5.19. The van der Waals surface area contributed by atoms with Crippen molar-refractivity contribution in [1.29, 1.82) is 0 Å². The van der Waals surface area contributed by atoms with E-state index in [1.165, 1.54) is 12.3 Å². The summed E-state index contributed by atoms with van der Waals surface area (Å²) < 4.78 is 23.7. The summed E-state index contributed by atoms with van der Waals surface area (Å²) >= 11 is 0. The van der Waals surface area contributed by atoms with Gasteiger partial charge < -0.3 is 5.32 Å². The molecular weight excluding hydrogens is 215 g/mol. The molecule has 0 aliphatic carbocycles. The summed E-state index contributed by atoms with van der Waals surface area (Å²) in [6, 6.07) is 3.05. The molecule has 84 valence electrons. The molecule has 0 bridgehead atoms. The van der Waals surface area contributed by atoms with Gasteiger partial charge in [-0.05, 0) is 12.5 Å². The summed E-state index contributed by atoms with van der Waals surface area (Å²) in [4.78, 5) is 3.46. The van der Waals surface area contributed by atoms with Crippen LogP contribution in [0.4, 0.5) is 10.1 Å². The van der Waals surface area contributed by atoms with Crippen molar-refractivity contribution in [3.63, 3.8) is 0 Å². The Morgan fingerprint density at radius 1 is 1.67 bits per heavy atom. The third-order valence-electron chi connectivity index (χ3n) is 2.17. The number of aromatic nitrogens is 1. The van der Waals surface area contributed by atoms with Crippen molar-refractivity contribution in [3.8, 4) is 0 Å². The zero-order valence-electron chi connectivity index (χ0n) is 8.87. The molecule has 5 heteroatoms. The van der Waals surface area contributed by atoms with E-state index in [-0.39, 0.29) is 5.25 Å². The number of rotatable bonds is 5. The Balaban J connectivity index is 2.35. The van der Waals surface area contributed by atoms with E-state index >= 15 is 0 Å². The molecule has 1 N–H and O–H groups in total. The molecule has 1 aromatic rings. The summed E-state index contributed by atoms with van der Waals surface area (Å²) in [7, 11) is -0.799. The minimum absolute atomic E-state index is 0.157. The van der Waals surface area contributed by atoms with Crippen LogP contribution in [0.1, 0.15) is 13.3 Å². The van der Waals surface area contributed by atoms with Gasteiger partial charge in [-0.15, -0.1) is 0 Å². The van der Waals surface area contributed by atoms with Gasteiger partial charge in [0.25, 0.3) is 0 Å². The molecule has 0 spiro atoms. The first-order valence-electron chi connectivity index (χ1n) is 4.77. The Kier molecular flexibility index (Phi) is 4.68. The van der Waals surface area contributed by atoms with Gasteiger partial charge in [0.2, 0.25) is 5.95 Å². The standard InChI is InChI=1S/C10H15FN2OS/c1-8(15(2)14)3-5-12-9-4-6-13-10(11)7-9/h4,6-8H,3,5H2,1-2H3,(H,12,13). The molecule has 0 aliphatic heterocycles. The third kappa shape index (κ3) is 4.38. The molecular formula is C10H15FN2OS. The molecule has 0 aromatic carbocycles. The average molecular weight is 230 g/mol. The molecule has 1 heterocycles. The smallest absolute Gasteiger partial charge is 0.214 e. The van der Waals surface area contributed by atoms with E-state index in [0.29, 0.717) is 12.2 Å². The van der Waals surface area contributed by atoms with Gasteiger partial charge >= 0.3 is 0 Å². The number of nitrogens with zero attached hydrogens (tertiary/aromatic N) is 1.